The number of piperidine rings is 1. The molecule has 1 aliphatic carbocycles. The highest BCUT2D eigenvalue weighted by Gasteiger charge is 2.34. The second-order valence-corrected chi connectivity index (χ2v) is 7.11. The maximum Gasteiger partial charge on any atom is 0.226 e. The number of hydrogen-bond acceptors (Lipinski definition) is 2. The lowest BCUT2D eigenvalue weighted by Crippen LogP contribution is -2.47. The second-order valence-electron chi connectivity index (χ2n) is 7.11. The molecule has 126 valence electrons. The van der Waals surface area contributed by atoms with Crippen LogP contribution >= 0.6 is 0 Å². The van der Waals surface area contributed by atoms with E-state index >= 15 is 0 Å². The smallest absolute Gasteiger partial charge is 0.226 e. The Bertz CT molecular complexity index is 670. The molecule has 4 heteroatoms. The van der Waals surface area contributed by atoms with Gasteiger partial charge in [0.1, 0.15) is 0 Å². The Balaban J connectivity index is 1.42. The van der Waals surface area contributed by atoms with Gasteiger partial charge in [-0.15, -0.1) is 0 Å². The van der Waals surface area contributed by atoms with E-state index in [1.54, 1.807) is 0 Å². The fraction of sp³-hybridized carbons (Fsp3) is 0.500. The van der Waals surface area contributed by atoms with Gasteiger partial charge in [-0.25, -0.2) is 0 Å². The second kappa shape index (κ2) is 6.80. The molecule has 2 aromatic rings. The van der Waals surface area contributed by atoms with Crippen molar-refractivity contribution in [3.05, 3.63) is 53.9 Å². The van der Waals surface area contributed by atoms with Crippen LogP contribution in [0.2, 0.25) is 0 Å². The van der Waals surface area contributed by atoms with Gasteiger partial charge in [0.25, 0.3) is 0 Å². The van der Waals surface area contributed by atoms with E-state index in [2.05, 4.69) is 34.3 Å². The highest BCUT2D eigenvalue weighted by molar-refractivity contribution is 5.81. The van der Waals surface area contributed by atoms with E-state index in [-0.39, 0.29) is 5.92 Å². The molecule has 1 atom stereocenters. The Kier molecular flexibility index (Phi) is 4.37. The molecule has 4 rings (SSSR count). The summed E-state index contributed by atoms with van der Waals surface area (Å²) in [6.07, 6.45) is 10.2. The SMILES string of the molecule is O=C(C1Cc2ccccc2C1)N1CCCCC1CCn1cccn1. The Morgan fingerprint density at radius 1 is 1.12 bits per heavy atom. The number of likely N-dealkylation sites (tertiary alicyclic amines) is 1. The minimum absolute atomic E-state index is 0.146. The van der Waals surface area contributed by atoms with Crippen LogP contribution in [0.25, 0.3) is 0 Å². The first-order chi connectivity index (χ1) is 11.8. The molecule has 1 aliphatic heterocycles. The summed E-state index contributed by atoms with van der Waals surface area (Å²) in [5.74, 6) is 0.518. The number of carbonyl (C=O) groups is 1. The van der Waals surface area contributed by atoms with Crippen molar-refractivity contribution in [1.29, 1.82) is 0 Å². The third-order valence-electron chi connectivity index (χ3n) is 5.56. The molecule has 1 saturated heterocycles. The number of rotatable bonds is 4. The largest absolute Gasteiger partial charge is 0.339 e. The van der Waals surface area contributed by atoms with Crippen molar-refractivity contribution in [1.82, 2.24) is 14.7 Å². The summed E-state index contributed by atoms with van der Waals surface area (Å²) >= 11 is 0. The molecule has 1 fully saturated rings. The predicted octanol–water partition coefficient (Wildman–Crippen LogP) is 3.07. The van der Waals surface area contributed by atoms with E-state index in [0.29, 0.717) is 11.9 Å². The molecular weight excluding hydrogens is 298 g/mol. The molecule has 0 saturated carbocycles. The molecule has 1 aromatic heterocycles. The predicted molar refractivity (Wildman–Crippen MR) is 93.5 cm³/mol. The summed E-state index contributed by atoms with van der Waals surface area (Å²) in [5.41, 5.74) is 2.72. The number of nitrogens with zero attached hydrogens (tertiary/aromatic N) is 3. The lowest BCUT2D eigenvalue weighted by atomic mass is 9.95. The summed E-state index contributed by atoms with van der Waals surface area (Å²) in [6.45, 7) is 1.82. The van der Waals surface area contributed by atoms with Crippen molar-refractivity contribution < 1.29 is 4.79 Å². The van der Waals surface area contributed by atoms with Gasteiger partial charge in [0.2, 0.25) is 5.91 Å². The normalized spacial score (nSPS) is 21.0. The molecular formula is C20H25N3O. The number of fused-ring (bicyclic) bond motifs is 1. The van der Waals surface area contributed by atoms with Gasteiger partial charge in [-0.05, 0) is 55.7 Å². The Morgan fingerprint density at radius 3 is 2.62 bits per heavy atom. The van der Waals surface area contributed by atoms with Gasteiger partial charge < -0.3 is 4.90 Å². The van der Waals surface area contributed by atoms with Crippen LogP contribution in [0.4, 0.5) is 0 Å². The lowest BCUT2D eigenvalue weighted by Gasteiger charge is -2.37. The minimum atomic E-state index is 0.146. The van der Waals surface area contributed by atoms with E-state index in [1.165, 1.54) is 17.5 Å². The topological polar surface area (TPSA) is 38.1 Å². The van der Waals surface area contributed by atoms with Crippen LogP contribution in [0.1, 0.15) is 36.8 Å². The van der Waals surface area contributed by atoms with Crippen LogP contribution in [0.15, 0.2) is 42.7 Å². The molecule has 0 N–H and O–H groups in total. The van der Waals surface area contributed by atoms with Gasteiger partial charge in [0, 0.05) is 37.4 Å². The maximum absolute atomic E-state index is 13.1. The van der Waals surface area contributed by atoms with Crippen LogP contribution in [-0.4, -0.2) is 33.2 Å². The molecule has 1 aromatic carbocycles. The van der Waals surface area contributed by atoms with Gasteiger partial charge in [-0.3, -0.25) is 9.48 Å². The average Bonchev–Trinajstić information content (AvgIpc) is 3.29. The summed E-state index contributed by atoms with van der Waals surface area (Å²) < 4.78 is 1.97. The van der Waals surface area contributed by atoms with Crippen LogP contribution in [0.5, 0.6) is 0 Å². The third kappa shape index (κ3) is 3.10. The van der Waals surface area contributed by atoms with Crippen LogP contribution in [0.3, 0.4) is 0 Å². The van der Waals surface area contributed by atoms with Crippen molar-refractivity contribution in [2.75, 3.05) is 6.54 Å². The van der Waals surface area contributed by atoms with E-state index in [1.807, 2.05) is 23.1 Å². The van der Waals surface area contributed by atoms with Crippen molar-refractivity contribution >= 4 is 5.91 Å². The van der Waals surface area contributed by atoms with Crippen molar-refractivity contribution in [3.63, 3.8) is 0 Å². The zero-order valence-electron chi connectivity index (χ0n) is 14.1. The van der Waals surface area contributed by atoms with Crippen LogP contribution in [-0.2, 0) is 24.2 Å². The minimum Gasteiger partial charge on any atom is -0.339 e. The molecule has 4 nitrogen and oxygen atoms in total. The first-order valence-corrected chi connectivity index (χ1v) is 9.16. The van der Waals surface area contributed by atoms with Crippen molar-refractivity contribution in [2.24, 2.45) is 5.92 Å². The van der Waals surface area contributed by atoms with Crippen LogP contribution < -0.4 is 0 Å². The van der Waals surface area contributed by atoms with Gasteiger partial charge in [-0.1, -0.05) is 24.3 Å². The number of aryl methyl sites for hydroxylation is 1. The summed E-state index contributed by atoms with van der Waals surface area (Å²) in [5, 5.41) is 4.29. The maximum atomic E-state index is 13.1. The summed E-state index contributed by atoms with van der Waals surface area (Å²) in [7, 11) is 0. The summed E-state index contributed by atoms with van der Waals surface area (Å²) in [6, 6.07) is 10.8. The number of benzene rings is 1. The van der Waals surface area contributed by atoms with E-state index in [4.69, 9.17) is 0 Å². The van der Waals surface area contributed by atoms with E-state index in [0.717, 1.165) is 45.2 Å². The average molecular weight is 323 g/mol. The third-order valence-corrected chi connectivity index (χ3v) is 5.56. The first kappa shape index (κ1) is 15.4. The Labute approximate surface area is 143 Å². The molecule has 0 radical (unpaired) electrons. The highest BCUT2D eigenvalue weighted by Crippen LogP contribution is 2.30. The van der Waals surface area contributed by atoms with Gasteiger partial charge in [0.15, 0.2) is 0 Å². The number of carbonyl (C=O) groups excluding carboxylic acids is 1. The van der Waals surface area contributed by atoms with E-state index in [9.17, 15) is 4.79 Å². The van der Waals surface area contributed by atoms with Crippen LogP contribution in [0, 0.1) is 5.92 Å². The van der Waals surface area contributed by atoms with Gasteiger partial charge >= 0.3 is 0 Å². The standard InChI is InChI=1S/C20H25N3O/c24-20(18-14-16-6-1-2-7-17(16)15-18)23-12-4-3-8-19(23)9-13-22-11-5-10-21-22/h1-2,5-7,10-11,18-19H,3-4,8-9,12-15H2. The highest BCUT2D eigenvalue weighted by atomic mass is 16.2. The first-order valence-electron chi connectivity index (χ1n) is 9.16. The quantitative estimate of drug-likeness (QED) is 0.867. The Morgan fingerprint density at radius 2 is 1.92 bits per heavy atom. The molecule has 2 aliphatic rings. The van der Waals surface area contributed by atoms with Crippen molar-refractivity contribution in [2.45, 2.75) is 51.1 Å². The fourth-order valence-corrected chi connectivity index (χ4v) is 4.27. The van der Waals surface area contributed by atoms with Gasteiger partial charge in [-0.2, -0.15) is 5.10 Å². The molecule has 0 bridgehead atoms. The lowest BCUT2D eigenvalue weighted by molar-refractivity contribution is -0.139. The zero-order chi connectivity index (χ0) is 16.4. The van der Waals surface area contributed by atoms with E-state index < -0.39 is 0 Å². The molecule has 2 heterocycles. The molecule has 0 spiro atoms. The zero-order valence-corrected chi connectivity index (χ0v) is 14.1. The number of hydrogen-bond donors (Lipinski definition) is 0. The molecule has 24 heavy (non-hydrogen) atoms. The number of aromatic nitrogens is 2. The Hall–Kier alpha value is -2.10. The number of amides is 1. The fourth-order valence-electron chi connectivity index (χ4n) is 4.27. The van der Waals surface area contributed by atoms with Gasteiger partial charge in [0.05, 0.1) is 0 Å². The monoisotopic (exact) mass is 323 g/mol. The summed E-state index contributed by atoms with van der Waals surface area (Å²) in [4.78, 5) is 15.3. The van der Waals surface area contributed by atoms with Crippen molar-refractivity contribution in [3.8, 4) is 0 Å². The molecule has 1 amide bonds. The molecule has 1 unspecified atom stereocenters.